The van der Waals surface area contributed by atoms with E-state index in [1.807, 2.05) is 0 Å². The van der Waals surface area contributed by atoms with Gasteiger partial charge in [-0.25, -0.2) is 0 Å². The van der Waals surface area contributed by atoms with E-state index >= 15 is 0 Å². The maximum Gasteiger partial charge on any atom is 0.161 e. The second-order valence-electron chi connectivity index (χ2n) is 6.25. The Hall–Kier alpha value is -2.00. The quantitative estimate of drug-likeness (QED) is 0.916. The molecular weight excluding hydrogens is 286 g/mol. The van der Waals surface area contributed by atoms with Crippen molar-refractivity contribution in [3.8, 4) is 11.5 Å². The predicted molar refractivity (Wildman–Crippen MR) is 92.3 cm³/mol. The Kier molecular flexibility index (Phi) is 4.87. The molecule has 1 unspecified atom stereocenters. The van der Waals surface area contributed by atoms with Crippen LogP contribution in [0, 0.1) is 0 Å². The molecule has 1 N–H and O–H groups in total. The Morgan fingerprint density at radius 3 is 2.13 bits per heavy atom. The number of quaternary nitrogens is 1. The molecule has 0 aliphatic carbocycles. The molecule has 0 aromatic heterocycles. The van der Waals surface area contributed by atoms with Crippen LogP contribution >= 0.6 is 0 Å². The molecule has 0 saturated carbocycles. The van der Waals surface area contributed by atoms with Crippen molar-refractivity contribution in [2.24, 2.45) is 0 Å². The zero-order chi connectivity index (χ0) is 16.2. The normalized spacial score (nSPS) is 16.7. The van der Waals surface area contributed by atoms with Crippen LogP contribution in [0.1, 0.15) is 29.2 Å². The van der Waals surface area contributed by atoms with Crippen molar-refractivity contribution < 1.29 is 14.4 Å². The van der Waals surface area contributed by atoms with Gasteiger partial charge in [-0.05, 0) is 29.7 Å². The number of ether oxygens (including phenoxy) is 2. The maximum atomic E-state index is 5.45. The lowest BCUT2D eigenvalue weighted by atomic mass is 9.98. The molecule has 3 rings (SSSR count). The fourth-order valence-corrected chi connectivity index (χ4v) is 3.36. The Bertz CT molecular complexity index is 664. The Morgan fingerprint density at radius 2 is 1.52 bits per heavy atom. The number of aryl methyl sites for hydroxylation is 1. The lowest BCUT2D eigenvalue weighted by Crippen LogP contribution is -3.10. The van der Waals surface area contributed by atoms with Gasteiger partial charge in [0.15, 0.2) is 11.5 Å². The first-order valence-corrected chi connectivity index (χ1v) is 8.38. The summed E-state index contributed by atoms with van der Waals surface area (Å²) >= 11 is 0. The smallest absolute Gasteiger partial charge is 0.161 e. The van der Waals surface area contributed by atoms with Gasteiger partial charge >= 0.3 is 0 Å². The molecule has 0 saturated heterocycles. The summed E-state index contributed by atoms with van der Waals surface area (Å²) in [7, 11) is 3.40. The molecule has 0 spiro atoms. The largest absolute Gasteiger partial charge is 0.493 e. The average Bonchev–Trinajstić information content (AvgIpc) is 2.61. The molecule has 1 heterocycles. The van der Waals surface area contributed by atoms with E-state index in [9.17, 15) is 0 Å². The number of rotatable bonds is 5. The molecule has 122 valence electrons. The van der Waals surface area contributed by atoms with E-state index in [1.54, 1.807) is 19.1 Å². The van der Waals surface area contributed by atoms with Crippen molar-refractivity contribution >= 4 is 0 Å². The highest BCUT2D eigenvalue weighted by molar-refractivity contribution is 5.47. The molecule has 0 radical (unpaired) electrons. The van der Waals surface area contributed by atoms with Crippen LogP contribution in [0.5, 0.6) is 11.5 Å². The Balaban J connectivity index is 1.74. The van der Waals surface area contributed by atoms with E-state index < -0.39 is 0 Å². The molecular formula is C20H26NO2+. The molecule has 2 aromatic carbocycles. The van der Waals surface area contributed by atoms with Crippen molar-refractivity contribution in [3.05, 3.63) is 58.7 Å². The molecule has 1 atom stereocenters. The van der Waals surface area contributed by atoms with Crippen LogP contribution in [0.3, 0.4) is 0 Å². The summed E-state index contributed by atoms with van der Waals surface area (Å²) in [6.07, 6.45) is 2.20. The first-order chi connectivity index (χ1) is 11.2. The third-order valence-corrected chi connectivity index (χ3v) is 4.78. The number of hydrogen-bond donors (Lipinski definition) is 1. The highest BCUT2D eigenvalue weighted by atomic mass is 16.5. The number of methoxy groups -OCH3 is 2. The maximum absolute atomic E-state index is 5.45. The van der Waals surface area contributed by atoms with Gasteiger partial charge in [-0.1, -0.05) is 31.2 Å². The van der Waals surface area contributed by atoms with E-state index in [0.717, 1.165) is 44.0 Å². The minimum absolute atomic E-state index is 0.833. The lowest BCUT2D eigenvalue weighted by molar-refractivity contribution is -0.929. The van der Waals surface area contributed by atoms with E-state index in [4.69, 9.17) is 9.47 Å². The van der Waals surface area contributed by atoms with Crippen LogP contribution in [0.2, 0.25) is 0 Å². The number of fused-ring (bicyclic) bond motifs is 1. The average molecular weight is 312 g/mol. The Morgan fingerprint density at radius 1 is 0.913 bits per heavy atom. The third-order valence-electron chi connectivity index (χ3n) is 4.78. The van der Waals surface area contributed by atoms with Gasteiger partial charge in [0, 0.05) is 17.5 Å². The minimum Gasteiger partial charge on any atom is -0.493 e. The van der Waals surface area contributed by atoms with Crippen LogP contribution in [0.25, 0.3) is 0 Å². The van der Waals surface area contributed by atoms with Gasteiger partial charge in [-0.3, -0.25) is 0 Å². The summed E-state index contributed by atoms with van der Waals surface area (Å²) in [5, 5.41) is 0. The van der Waals surface area contributed by atoms with Crippen LogP contribution in [0.15, 0.2) is 36.4 Å². The molecule has 23 heavy (non-hydrogen) atoms. The first kappa shape index (κ1) is 15.9. The van der Waals surface area contributed by atoms with Crippen LogP contribution < -0.4 is 14.4 Å². The summed E-state index contributed by atoms with van der Waals surface area (Å²) in [6, 6.07) is 13.3. The van der Waals surface area contributed by atoms with Crippen LogP contribution in [-0.4, -0.2) is 20.8 Å². The zero-order valence-corrected chi connectivity index (χ0v) is 14.3. The van der Waals surface area contributed by atoms with Gasteiger partial charge in [0.05, 0.1) is 20.8 Å². The lowest BCUT2D eigenvalue weighted by Gasteiger charge is -2.27. The van der Waals surface area contributed by atoms with Crippen molar-refractivity contribution in [2.75, 3.05) is 20.8 Å². The summed E-state index contributed by atoms with van der Waals surface area (Å²) in [4.78, 5) is 1.61. The van der Waals surface area contributed by atoms with Gasteiger partial charge in [0.25, 0.3) is 0 Å². The molecule has 1 aliphatic rings. The standard InChI is InChI=1S/C20H25NO2/c1-4-15-5-7-16(8-6-15)13-21-10-9-17-11-19(22-2)20(23-3)12-18(17)14-21/h5-8,11-12H,4,9-10,13-14H2,1-3H3/p+1. The summed E-state index contributed by atoms with van der Waals surface area (Å²) in [5.41, 5.74) is 5.60. The molecule has 0 amide bonds. The van der Waals surface area contributed by atoms with Gasteiger partial charge in [-0.15, -0.1) is 0 Å². The second-order valence-corrected chi connectivity index (χ2v) is 6.25. The van der Waals surface area contributed by atoms with E-state index in [2.05, 4.69) is 43.3 Å². The Labute approximate surface area is 138 Å². The topological polar surface area (TPSA) is 22.9 Å². The van der Waals surface area contributed by atoms with Crippen LogP contribution in [-0.2, 0) is 25.9 Å². The molecule has 3 nitrogen and oxygen atoms in total. The summed E-state index contributed by atoms with van der Waals surface area (Å²) < 4.78 is 10.9. The summed E-state index contributed by atoms with van der Waals surface area (Å²) in [6.45, 7) is 5.49. The first-order valence-electron chi connectivity index (χ1n) is 8.38. The SMILES string of the molecule is CCc1ccc(C[NH+]2CCc3cc(OC)c(OC)cc3C2)cc1. The molecule has 0 fully saturated rings. The highest BCUT2D eigenvalue weighted by Gasteiger charge is 2.22. The predicted octanol–water partition coefficient (Wildman–Crippen LogP) is 2.41. The van der Waals surface area contributed by atoms with Gasteiger partial charge in [0.1, 0.15) is 13.1 Å². The number of nitrogens with one attached hydrogen (secondary N) is 1. The van der Waals surface area contributed by atoms with Gasteiger partial charge in [-0.2, -0.15) is 0 Å². The van der Waals surface area contributed by atoms with E-state index in [0.29, 0.717) is 0 Å². The van der Waals surface area contributed by atoms with Crippen molar-refractivity contribution in [1.29, 1.82) is 0 Å². The zero-order valence-electron chi connectivity index (χ0n) is 14.3. The van der Waals surface area contributed by atoms with Crippen LogP contribution in [0.4, 0.5) is 0 Å². The monoisotopic (exact) mass is 312 g/mol. The second kappa shape index (κ2) is 7.05. The summed E-state index contributed by atoms with van der Waals surface area (Å²) in [5.74, 6) is 1.67. The number of hydrogen-bond acceptors (Lipinski definition) is 2. The van der Waals surface area contributed by atoms with Crippen molar-refractivity contribution in [3.63, 3.8) is 0 Å². The minimum atomic E-state index is 0.833. The number of benzene rings is 2. The van der Waals surface area contributed by atoms with Gasteiger partial charge < -0.3 is 14.4 Å². The van der Waals surface area contributed by atoms with Crippen molar-refractivity contribution in [1.82, 2.24) is 0 Å². The molecule has 0 bridgehead atoms. The highest BCUT2D eigenvalue weighted by Crippen LogP contribution is 2.31. The molecule has 1 aliphatic heterocycles. The van der Waals surface area contributed by atoms with E-state index in [-0.39, 0.29) is 0 Å². The fraction of sp³-hybridized carbons (Fsp3) is 0.400. The van der Waals surface area contributed by atoms with Crippen molar-refractivity contribution in [2.45, 2.75) is 32.9 Å². The fourth-order valence-electron chi connectivity index (χ4n) is 3.36. The van der Waals surface area contributed by atoms with Gasteiger partial charge in [0.2, 0.25) is 0 Å². The molecule has 3 heteroatoms. The van der Waals surface area contributed by atoms with E-state index in [1.165, 1.54) is 22.3 Å². The third kappa shape index (κ3) is 3.50. The molecule has 2 aromatic rings.